The van der Waals surface area contributed by atoms with Gasteiger partial charge in [0, 0.05) is 23.4 Å². The number of ether oxygens (including phenoxy) is 1. The molecule has 1 aliphatic rings. The maximum Gasteiger partial charge on any atom is 0.317 e. The van der Waals surface area contributed by atoms with Gasteiger partial charge in [-0.1, -0.05) is 29.8 Å². The first-order chi connectivity index (χ1) is 9.54. The molecule has 5 heteroatoms. The second-order valence-electron chi connectivity index (χ2n) is 4.60. The Morgan fingerprint density at radius 2 is 2.15 bits per heavy atom. The monoisotopic (exact) mass is 294 g/mol. The maximum absolute atomic E-state index is 12.0. The zero-order valence-corrected chi connectivity index (χ0v) is 11.8. The molecule has 0 spiro atoms. The Morgan fingerprint density at radius 3 is 2.80 bits per heavy atom. The van der Waals surface area contributed by atoms with Crippen molar-refractivity contribution in [1.82, 2.24) is 0 Å². The van der Waals surface area contributed by atoms with E-state index < -0.39 is 17.8 Å². The fourth-order valence-corrected chi connectivity index (χ4v) is 2.71. The van der Waals surface area contributed by atoms with Gasteiger partial charge in [0.15, 0.2) is 5.78 Å². The molecule has 1 N–H and O–H groups in total. The number of carbonyl (C=O) groups is 2. The second kappa shape index (κ2) is 6.09. The van der Waals surface area contributed by atoms with Crippen LogP contribution in [-0.2, 0) is 14.3 Å². The standard InChI is InChI=1S/C15H15ClO4/c1-2-20-15(19)14-11(7-9(17)8-13(14)18)10-5-3-4-6-12(10)16/h3-6,8,11,14,18H,2,7H2,1H3. The van der Waals surface area contributed by atoms with E-state index in [-0.39, 0.29) is 24.6 Å². The summed E-state index contributed by atoms with van der Waals surface area (Å²) in [5.41, 5.74) is 0.667. The highest BCUT2D eigenvalue weighted by Gasteiger charge is 2.39. The molecule has 2 unspecified atom stereocenters. The quantitative estimate of drug-likeness (QED) is 0.870. The number of ketones is 1. The molecule has 20 heavy (non-hydrogen) atoms. The number of halogens is 1. The summed E-state index contributed by atoms with van der Waals surface area (Å²) in [6.07, 6.45) is 1.21. The Kier molecular flexibility index (Phi) is 4.45. The van der Waals surface area contributed by atoms with Gasteiger partial charge in [0.2, 0.25) is 0 Å². The predicted octanol–water partition coefficient (Wildman–Crippen LogP) is 3.02. The van der Waals surface area contributed by atoms with E-state index >= 15 is 0 Å². The normalized spacial score (nSPS) is 22.3. The van der Waals surface area contributed by atoms with Crippen LogP contribution in [0, 0.1) is 5.92 Å². The largest absolute Gasteiger partial charge is 0.511 e. The lowest BCUT2D eigenvalue weighted by Crippen LogP contribution is -2.31. The number of esters is 1. The van der Waals surface area contributed by atoms with E-state index in [1.54, 1.807) is 31.2 Å². The van der Waals surface area contributed by atoms with Crippen LogP contribution in [0.15, 0.2) is 36.1 Å². The van der Waals surface area contributed by atoms with E-state index in [9.17, 15) is 14.7 Å². The molecule has 1 aromatic rings. The number of allylic oxidation sites excluding steroid dienone is 1. The number of hydrogen-bond acceptors (Lipinski definition) is 4. The SMILES string of the molecule is CCOC(=O)C1C(O)=CC(=O)CC1c1ccccc1Cl. The predicted molar refractivity (Wildman–Crippen MR) is 74.7 cm³/mol. The Balaban J connectivity index is 2.43. The molecule has 4 nitrogen and oxygen atoms in total. The lowest BCUT2D eigenvalue weighted by atomic mass is 9.77. The molecule has 0 saturated carbocycles. The molecule has 1 aromatic carbocycles. The first-order valence-corrected chi connectivity index (χ1v) is 6.76. The molecule has 0 fully saturated rings. The molecule has 0 heterocycles. The van der Waals surface area contributed by atoms with Crippen LogP contribution in [0.3, 0.4) is 0 Å². The zero-order chi connectivity index (χ0) is 14.7. The van der Waals surface area contributed by atoms with Gasteiger partial charge in [0.25, 0.3) is 0 Å². The third kappa shape index (κ3) is 2.85. The molecule has 2 rings (SSSR count). The van der Waals surface area contributed by atoms with E-state index in [1.807, 2.05) is 0 Å². The van der Waals surface area contributed by atoms with Gasteiger partial charge in [-0.25, -0.2) is 0 Å². The van der Waals surface area contributed by atoms with Gasteiger partial charge in [-0.15, -0.1) is 0 Å². The fourth-order valence-electron chi connectivity index (χ4n) is 2.44. The molecule has 0 saturated heterocycles. The molecule has 0 amide bonds. The molecule has 0 aromatic heterocycles. The van der Waals surface area contributed by atoms with E-state index in [4.69, 9.17) is 16.3 Å². The van der Waals surface area contributed by atoms with Crippen molar-refractivity contribution in [2.24, 2.45) is 5.92 Å². The first-order valence-electron chi connectivity index (χ1n) is 6.39. The molecule has 1 aliphatic carbocycles. The second-order valence-corrected chi connectivity index (χ2v) is 5.00. The highest BCUT2D eigenvalue weighted by Crippen LogP contribution is 2.39. The molecule has 0 aliphatic heterocycles. The molecule has 0 bridgehead atoms. The number of aliphatic hydroxyl groups is 1. The van der Waals surface area contributed by atoms with Crippen LogP contribution >= 0.6 is 11.6 Å². The summed E-state index contributed by atoms with van der Waals surface area (Å²) >= 11 is 6.14. The van der Waals surface area contributed by atoms with Gasteiger partial charge in [-0.2, -0.15) is 0 Å². The highest BCUT2D eigenvalue weighted by molar-refractivity contribution is 6.31. The molecular formula is C15H15ClO4. The van der Waals surface area contributed by atoms with Crippen LogP contribution in [-0.4, -0.2) is 23.5 Å². The van der Waals surface area contributed by atoms with Crippen molar-refractivity contribution in [3.8, 4) is 0 Å². The van der Waals surface area contributed by atoms with Crippen molar-refractivity contribution in [2.75, 3.05) is 6.61 Å². The minimum atomic E-state index is -0.882. The minimum Gasteiger partial charge on any atom is -0.511 e. The average molecular weight is 295 g/mol. The molecular weight excluding hydrogens is 280 g/mol. The third-order valence-corrected chi connectivity index (χ3v) is 3.64. The van der Waals surface area contributed by atoms with Crippen LogP contribution in [0.4, 0.5) is 0 Å². The molecule has 106 valence electrons. The van der Waals surface area contributed by atoms with Crippen LogP contribution in [0.25, 0.3) is 0 Å². The number of rotatable bonds is 3. The van der Waals surface area contributed by atoms with E-state index in [1.165, 1.54) is 0 Å². The van der Waals surface area contributed by atoms with Gasteiger partial charge in [-0.3, -0.25) is 9.59 Å². The number of hydrogen-bond donors (Lipinski definition) is 1. The first kappa shape index (κ1) is 14.6. The van der Waals surface area contributed by atoms with Gasteiger partial charge in [0.05, 0.1) is 6.61 Å². The van der Waals surface area contributed by atoms with Crippen molar-refractivity contribution in [3.05, 3.63) is 46.7 Å². The summed E-state index contributed by atoms with van der Waals surface area (Å²) in [6.45, 7) is 1.91. The summed E-state index contributed by atoms with van der Waals surface area (Å²) in [4.78, 5) is 23.7. The number of benzene rings is 1. The summed E-state index contributed by atoms with van der Waals surface area (Å²) in [6, 6.07) is 7.00. The minimum absolute atomic E-state index is 0.122. The smallest absolute Gasteiger partial charge is 0.317 e. The summed E-state index contributed by atoms with van der Waals surface area (Å²) in [7, 11) is 0. The maximum atomic E-state index is 12.0. The Bertz CT molecular complexity index is 565. The van der Waals surface area contributed by atoms with Gasteiger partial charge in [0.1, 0.15) is 11.7 Å². The van der Waals surface area contributed by atoms with Crippen molar-refractivity contribution in [1.29, 1.82) is 0 Å². The van der Waals surface area contributed by atoms with E-state index in [2.05, 4.69) is 0 Å². The van der Waals surface area contributed by atoms with Gasteiger partial charge >= 0.3 is 5.97 Å². The van der Waals surface area contributed by atoms with Crippen molar-refractivity contribution in [3.63, 3.8) is 0 Å². The fraction of sp³-hybridized carbons (Fsp3) is 0.333. The van der Waals surface area contributed by atoms with Crippen molar-refractivity contribution >= 4 is 23.4 Å². The number of carbonyl (C=O) groups excluding carboxylic acids is 2. The zero-order valence-electron chi connectivity index (χ0n) is 11.0. The van der Waals surface area contributed by atoms with Crippen LogP contribution < -0.4 is 0 Å². The summed E-state index contributed by atoms with van der Waals surface area (Å²) < 4.78 is 4.98. The van der Waals surface area contributed by atoms with Gasteiger partial charge in [-0.05, 0) is 18.6 Å². The van der Waals surface area contributed by atoms with E-state index in [0.717, 1.165) is 6.08 Å². The average Bonchev–Trinajstić information content (AvgIpc) is 2.38. The van der Waals surface area contributed by atoms with Gasteiger partial charge < -0.3 is 9.84 Å². The van der Waals surface area contributed by atoms with Crippen LogP contribution in [0.1, 0.15) is 24.8 Å². The molecule has 2 atom stereocenters. The summed E-state index contributed by atoms with van der Waals surface area (Å²) in [5.74, 6) is -2.41. The van der Waals surface area contributed by atoms with Crippen LogP contribution in [0.5, 0.6) is 0 Å². The van der Waals surface area contributed by atoms with E-state index in [0.29, 0.717) is 10.6 Å². The lowest BCUT2D eigenvalue weighted by Gasteiger charge is -2.28. The number of aliphatic hydroxyl groups excluding tert-OH is 1. The third-order valence-electron chi connectivity index (χ3n) is 3.30. The molecule has 0 radical (unpaired) electrons. The highest BCUT2D eigenvalue weighted by atomic mass is 35.5. The van der Waals surface area contributed by atoms with Crippen molar-refractivity contribution in [2.45, 2.75) is 19.3 Å². The topological polar surface area (TPSA) is 63.6 Å². The Labute approximate surface area is 122 Å². The van der Waals surface area contributed by atoms with Crippen molar-refractivity contribution < 1.29 is 19.4 Å². The Morgan fingerprint density at radius 1 is 1.45 bits per heavy atom. The summed E-state index contributed by atoms with van der Waals surface area (Å²) in [5, 5.41) is 10.4. The Hall–Kier alpha value is -1.81. The van der Waals surface area contributed by atoms with Crippen LogP contribution in [0.2, 0.25) is 5.02 Å². The lowest BCUT2D eigenvalue weighted by molar-refractivity contribution is -0.148.